The van der Waals surface area contributed by atoms with Crippen LogP contribution in [0, 0.1) is 0 Å². The van der Waals surface area contributed by atoms with Crippen molar-refractivity contribution >= 4 is 61.7 Å². The second kappa shape index (κ2) is 13.0. The van der Waals surface area contributed by atoms with Crippen molar-refractivity contribution in [3.8, 4) is 22.3 Å². The first-order chi connectivity index (χ1) is 27.0. The number of para-hydroxylation sites is 2. The zero-order valence-electron chi connectivity index (χ0n) is 31.9. The summed E-state index contributed by atoms with van der Waals surface area (Å²) in [4.78, 5) is 10.4. The molecule has 4 heteroatoms. The predicted octanol–water partition coefficient (Wildman–Crippen LogP) is 13.9. The number of anilines is 5. The largest absolute Gasteiger partial charge is 0.372 e. The van der Waals surface area contributed by atoms with E-state index in [4.69, 9.17) is 0 Å². The van der Waals surface area contributed by atoms with Gasteiger partial charge in [-0.05, 0) is 137 Å². The van der Waals surface area contributed by atoms with Crippen LogP contribution < -0.4 is 14.7 Å². The summed E-state index contributed by atoms with van der Waals surface area (Å²) in [6.45, 7) is 9.29. The molecule has 4 aliphatic rings. The van der Waals surface area contributed by atoms with E-state index in [1.54, 1.807) is 0 Å². The molecule has 3 heterocycles. The maximum Gasteiger partial charge on any atom is 0.0620 e. The Morgan fingerprint density at radius 3 is 1.71 bits per heavy atom. The smallest absolute Gasteiger partial charge is 0.0620 e. The molecule has 2 saturated heterocycles. The Morgan fingerprint density at radius 1 is 0.473 bits per heavy atom. The molecule has 0 saturated carbocycles. The minimum Gasteiger partial charge on any atom is -0.372 e. The Labute approximate surface area is 329 Å². The van der Waals surface area contributed by atoms with Gasteiger partial charge in [0.2, 0.25) is 0 Å². The fraction of sp³-hybridized carbons (Fsp3) is 0.255. The molecule has 0 N–H and O–H groups in total. The summed E-state index contributed by atoms with van der Waals surface area (Å²) >= 11 is 1.89. The minimum absolute atomic E-state index is 0.0766. The van der Waals surface area contributed by atoms with Crippen LogP contribution in [0.25, 0.3) is 43.8 Å². The van der Waals surface area contributed by atoms with Crippen LogP contribution in [0.15, 0.2) is 137 Å². The Morgan fingerprint density at radius 2 is 1.04 bits per heavy atom. The van der Waals surface area contributed by atoms with Crippen LogP contribution in [-0.2, 0) is 5.41 Å². The topological polar surface area (TPSA) is 9.72 Å². The molecule has 11 rings (SSSR count). The zero-order valence-corrected chi connectivity index (χ0v) is 32.8. The highest BCUT2D eigenvalue weighted by molar-refractivity contribution is 7.99. The summed E-state index contributed by atoms with van der Waals surface area (Å²) in [5.41, 5.74) is 14.6. The van der Waals surface area contributed by atoms with Gasteiger partial charge in [-0.1, -0.05) is 98.4 Å². The number of hydrogen-bond donors (Lipinski definition) is 0. The van der Waals surface area contributed by atoms with Crippen molar-refractivity contribution in [3.63, 3.8) is 0 Å². The average Bonchev–Trinajstić information content (AvgIpc) is 3.47. The molecule has 0 aromatic heterocycles. The summed E-state index contributed by atoms with van der Waals surface area (Å²) in [5, 5.41) is 5.27. The van der Waals surface area contributed by atoms with Crippen LogP contribution in [0.4, 0.5) is 28.4 Å². The molecule has 0 atom stereocenters. The van der Waals surface area contributed by atoms with E-state index in [-0.39, 0.29) is 5.41 Å². The normalized spacial score (nSPS) is 17.2. The fourth-order valence-corrected chi connectivity index (χ4v) is 11.3. The molecule has 0 amide bonds. The second-order valence-corrected chi connectivity index (χ2v) is 17.7. The fourth-order valence-electron chi connectivity index (χ4n) is 10.2. The lowest BCUT2D eigenvalue weighted by atomic mass is 9.81. The van der Waals surface area contributed by atoms with Gasteiger partial charge in [0.25, 0.3) is 0 Å². The molecule has 0 bridgehead atoms. The molecule has 272 valence electrons. The van der Waals surface area contributed by atoms with Crippen LogP contribution in [0.2, 0.25) is 0 Å². The van der Waals surface area contributed by atoms with Crippen molar-refractivity contribution in [2.24, 2.45) is 0 Å². The van der Waals surface area contributed by atoms with E-state index in [1.165, 1.54) is 132 Å². The quantitative estimate of drug-likeness (QED) is 0.167. The van der Waals surface area contributed by atoms with E-state index < -0.39 is 0 Å². The highest BCUT2D eigenvalue weighted by Crippen LogP contribution is 2.57. The number of fused-ring (bicyclic) bond motifs is 7. The van der Waals surface area contributed by atoms with Gasteiger partial charge in [-0.3, -0.25) is 0 Å². The van der Waals surface area contributed by atoms with Gasteiger partial charge in [-0.15, -0.1) is 0 Å². The van der Waals surface area contributed by atoms with Gasteiger partial charge < -0.3 is 14.7 Å². The predicted molar refractivity (Wildman–Crippen MR) is 235 cm³/mol. The first-order valence-corrected chi connectivity index (χ1v) is 21.3. The van der Waals surface area contributed by atoms with E-state index in [9.17, 15) is 0 Å². The molecule has 1 aliphatic carbocycles. The second-order valence-electron chi connectivity index (χ2n) is 16.6. The Balaban J connectivity index is 1.25. The molecule has 7 aromatic rings. The highest BCUT2D eigenvalue weighted by Gasteiger charge is 2.36. The molecular weight excluding hydrogens is 687 g/mol. The lowest BCUT2D eigenvalue weighted by Crippen LogP contribution is -2.29. The standard InChI is InChI=1S/C51H47N3S/c1-51(2)43-16-6-5-15-37(43)38-24-21-34(31-44(38)51)49-39-25-22-36(53-29-13-4-14-30-53)33-42(39)50(40-26-23-35(32-41(40)49)52-27-11-3-12-28-52)54-45-17-7-9-19-47(45)55-48-20-10-8-18-46(48)54/h5-10,15-26,31-33H,3-4,11-14,27-30H2,1-2H3. The van der Waals surface area contributed by atoms with E-state index in [1.807, 2.05) is 11.8 Å². The van der Waals surface area contributed by atoms with Gasteiger partial charge in [0.05, 0.1) is 17.1 Å². The molecule has 55 heavy (non-hydrogen) atoms. The summed E-state index contributed by atoms with van der Waals surface area (Å²) in [7, 11) is 0. The van der Waals surface area contributed by atoms with E-state index in [0.29, 0.717) is 0 Å². The SMILES string of the molecule is CC1(C)c2ccccc2-c2ccc(-c3c4cc(N5CCCCC5)ccc4c(N4c5ccccc5Sc5ccccc54)c4cc(N5CCCCC5)ccc34)cc21. The third-order valence-electron chi connectivity index (χ3n) is 13.0. The van der Waals surface area contributed by atoms with Crippen LogP contribution in [0.5, 0.6) is 0 Å². The molecule has 7 aromatic carbocycles. The number of piperidine rings is 2. The van der Waals surface area contributed by atoms with E-state index >= 15 is 0 Å². The average molecular weight is 734 g/mol. The third kappa shape index (κ3) is 5.24. The molecular formula is C51H47N3S. The number of hydrogen-bond acceptors (Lipinski definition) is 4. The third-order valence-corrected chi connectivity index (χ3v) is 14.2. The number of nitrogens with zero attached hydrogens (tertiary/aromatic N) is 3. The summed E-state index contributed by atoms with van der Waals surface area (Å²) in [5.74, 6) is 0. The van der Waals surface area contributed by atoms with Gasteiger partial charge >= 0.3 is 0 Å². The van der Waals surface area contributed by atoms with Crippen LogP contribution in [0.1, 0.15) is 63.5 Å². The van der Waals surface area contributed by atoms with E-state index in [2.05, 4.69) is 156 Å². The summed E-state index contributed by atoms with van der Waals surface area (Å²) in [6, 6.07) is 49.2. The highest BCUT2D eigenvalue weighted by atomic mass is 32.2. The van der Waals surface area contributed by atoms with Crippen LogP contribution in [0.3, 0.4) is 0 Å². The number of benzene rings is 7. The lowest BCUT2D eigenvalue weighted by molar-refractivity contribution is 0.578. The molecule has 3 aliphatic heterocycles. The Bertz CT molecular complexity index is 2600. The maximum atomic E-state index is 2.63. The van der Waals surface area contributed by atoms with Crippen molar-refractivity contribution in [1.82, 2.24) is 0 Å². The maximum absolute atomic E-state index is 2.63. The van der Waals surface area contributed by atoms with Crippen molar-refractivity contribution in [1.29, 1.82) is 0 Å². The van der Waals surface area contributed by atoms with E-state index in [0.717, 1.165) is 26.2 Å². The lowest BCUT2D eigenvalue weighted by Gasteiger charge is -2.36. The van der Waals surface area contributed by atoms with Crippen molar-refractivity contribution in [3.05, 3.63) is 139 Å². The van der Waals surface area contributed by atoms with Crippen LogP contribution >= 0.6 is 11.8 Å². The number of rotatable bonds is 4. The van der Waals surface area contributed by atoms with Gasteiger partial charge in [0.1, 0.15) is 0 Å². The first kappa shape index (κ1) is 33.2. The van der Waals surface area contributed by atoms with Crippen molar-refractivity contribution in [2.45, 2.75) is 67.6 Å². The molecule has 0 radical (unpaired) electrons. The van der Waals surface area contributed by atoms with Crippen LogP contribution in [-0.4, -0.2) is 26.2 Å². The van der Waals surface area contributed by atoms with Crippen molar-refractivity contribution < 1.29 is 0 Å². The van der Waals surface area contributed by atoms with Gasteiger partial charge in [-0.25, -0.2) is 0 Å². The molecule has 2 fully saturated rings. The summed E-state index contributed by atoms with van der Waals surface area (Å²) in [6.07, 6.45) is 7.66. The molecule has 0 unspecified atom stereocenters. The van der Waals surface area contributed by atoms with Gasteiger partial charge in [-0.2, -0.15) is 0 Å². The van der Waals surface area contributed by atoms with Gasteiger partial charge in [0, 0.05) is 63.5 Å². The monoisotopic (exact) mass is 733 g/mol. The zero-order chi connectivity index (χ0) is 36.7. The Hall–Kier alpha value is -5.19. The minimum atomic E-state index is -0.0766. The first-order valence-electron chi connectivity index (χ1n) is 20.5. The van der Waals surface area contributed by atoms with Crippen molar-refractivity contribution in [2.75, 3.05) is 40.9 Å². The van der Waals surface area contributed by atoms with Gasteiger partial charge in [0.15, 0.2) is 0 Å². The molecule has 0 spiro atoms. The Kier molecular flexibility index (Phi) is 7.81. The summed E-state index contributed by atoms with van der Waals surface area (Å²) < 4.78 is 0. The molecule has 3 nitrogen and oxygen atoms in total.